The van der Waals surface area contributed by atoms with Crippen LogP contribution in [0, 0.1) is 5.82 Å². The minimum atomic E-state index is -0.485. The average molecular weight is 412 g/mol. The third kappa shape index (κ3) is 4.65. The molecule has 1 amide bonds. The van der Waals surface area contributed by atoms with Crippen molar-refractivity contribution in [2.45, 2.75) is 18.3 Å². The van der Waals surface area contributed by atoms with Crippen LogP contribution < -0.4 is 10.2 Å². The number of ether oxygens (including phenoxy) is 1. The van der Waals surface area contributed by atoms with E-state index in [1.54, 1.807) is 0 Å². The SMILES string of the molecule is O=C(NCCN1CCN(c2ccc(F)cc2)CC1)C1(c2ccccc2)CCOCC1. The van der Waals surface area contributed by atoms with Crippen molar-refractivity contribution in [3.63, 3.8) is 0 Å². The molecule has 0 saturated carbocycles. The number of piperazine rings is 1. The van der Waals surface area contributed by atoms with Crippen LogP contribution in [0.4, 0.5) is 10.1 Å². The second-order valence-electron chi connectivity index (χ2n) is 8.12. The van der Waals surface area contributed by atoms with Crippen molar-refractivity contribution >= 4 is 11.6 Å². The van der Waals surface area contributed by atoms with Crippen molar-refractivity contribution in [2.24, 2.45) is 0 Å². The molecule has 0 atom stereocenters. The van der Waals surface area contributed by atoms with Gasteiger partial charge in [-0.15, -0.1) is 0 Å². The molecule has 5 nitrogen and oxygen atoms in total. The highest BCUT2D eigenvalue weighted by Gasteiger charge is 2.41. The van der Waals surface area contributed by atoms with E-state index >= 15 is 0 Å². The van der Waals surface area contributed by atoms with E-state index in [9.17, 15) is 9.18 Å². The molecule has 0 spiro atoms. The maximum absolute atomic E-state index is 13.2. The molecule has 0 unspecified atom stereocenters. The van der Waals surface area contributed by atoms with Crippen LogP contribution >= 0.6 is 0 Å². The van der Waals surface area contributed by atoms with Crippen LogP contribution in [0.5, 0.6) is 0 Å². The van der Waals surface area contributed by atoms with Gasteiger partial charge in [0.25, 0.3) is 0 Å². The zero-order valence-electron chi connectivity index (χ0n) is 17.4. The summed E-state index contributed by atoms with van der Waals surface area (Å²) in [5.74, 6) is -0.0899. The highest BCUT2D eigenvalue weighted by atomic mass is 19.1. The molecule has 2 aromatic carbocycles. The quantitative estimate of drug-likeness (QED) is 0.794. The first-order chi connectivity index (χ1) is 14.7. The number of hydrogen-bond donors (Lipinski definition) is 1. The number of hydrogen-bond acceptors (Lipinski definition) is 4. The molecule has 2 fully saturated rings. The Balaban J connectivity index is 1.27. The van der Waals surface area contributed by atoms with E-state index in [0.29, 0.717) is 19.8 Å². The van der Waals surface area contributed by atoms with Gasteiger partial charge in [0.15, 0.2) is 0 Å². The average Bonchev–Trinajstić information content (AvgIpc) is 2.81. The fourth-order valence-corrected chi connectivity index (χ4v) is 4.50. The summed E-state index contributed by atoms with van der Waals surface area (Å²) in [6, 6.07) is 16.8. The molecule has 160 valence electrons. The van der Waals surface area contributed by atoms with Crippen molar-refractivity contribution in [3.05, 3.63) is 66.0 Å². The van der Waals surface area contributed by atoms with Gasteiger partial charge in [-0.1, -0.05) is 30.3 Å². The maximum Gasteiger partial charge on any atom is 0.230 e. The lowest BCUT2D eigenvalue weighted by molar-refractivity contribution is -0.130. The zero-order valence-corrected chi connectivity index (χ0v) is 17.4. The second-order valence-corrected chi connectivity index (χ2v) is 8.12. The summed E-state index contributed by atoms with van der Waals surface area (Å²) in [4.78, 5) is 17.9. The molecular formula is C24H30FN3O2. The fraction of sp³-hybridized carbons (Fsp3) is 0.458. The van der Waals surface area contributed by atoms with Crippen molar-refractivity contribution in [1.82, 2.24) is 10.2 Å². The lowest BCUT2D eigenvalue weighted by Gasteiger charge is -2.38. The third-order valence-corrected chi connectivity index (χ3v) is 6.39. The number of nitrogens with one attached hydrogen (secondary N) is 1. The number of halogens is 1. The first-order valence-electron chi connectivity index (χ1n) is 10.8. The predicted octanol–water partition coefficient (Wildman–Crippen LogP) is 2.81. The van der Waals surface area contributed by atoms with Crippen LogP contribution in [0.2, 0.25) is 0 Å². The number of carbonyl (C=O) groups excluding carboxylic acids is 1. The molecule has 0 aliphatic carbocycles. The summed E-state index contributed by atoms with van der Waals surface area (Å²) < 4.78 is 18.7. The Bertz CT molecular complexity index is 814. The molecule has 0 radical (unpaired) electrons. The van der Waals surface area contributed by atoms with Crippen LogP contribution in [-0.4, -0.2) is 63.3 Å². The molecule has 2 aromatic rings. The van der Waals surface area contributed by atoms with Crippen LogP contribution in [0.25, 0.3) is 0 Å². The van der Waals surface area contributed by atoms with Gasteiger partial charge in [0.1, 0.15) is 5.82 Å². The molecule has 0 aromatic heterocycles. The highest BCUT2D eigenvalue weighted by molar-refractivity contribution is 5.88. The lowest BCUT2D eigenvalue weighted by atomic mass is 9.73. The normalized spacial score (nSPS) is 19.4. The van der Waals surface area contributed by atoms with Crippen LogP contribution in [-0.2, 0) is 14.9 Å². The molecule has 2 aliphatic heterocycles. The van der Waals surface area contributed by atoms with E-state index in [-0.39, 0.29) is 11.7 Å². The Morgan fingerprint density at radius 2 is 1.63 bits per heavy atom. The Morgan fingerprint density at radius 1 is 0.967 bits per heavy atom. The summed E-state index contributed by atoms with van der Waals surface area (Å²) >= 11 is 0. The Kier molecular flexibility index (Phi) is 6.65. The predicted molar refractivity (Wildman–Crippen MR) is 116 cm³/mol. The molecular weight excluding hydrogens is 381 g/mol. The molecule has 30 heavy (non-hydrogen) atoms. The lowest BCUT2D eigenvalue weighted by Crippen LogP contribution is -2.51. The summed E-state index contributed by atoms with van der Waals surface area (Å²) in [6.07, 6.45) is 1.44. The van der Waals surface area contributed by atoms with Gasteiger partial charge in [0, 0.05) is 58.2 Å². The molecule has 2 aliphatic rings. The van der Waals surface area contributed by atoms with E-state index in [1.165, 1.54) is 12.1 Å². The van der Waals surface area contributed by atoms with Crippen LogP contribution in [0.15, 0.2) is 54.6 Å². The minimum absolute atomic E-state index is 0.113. The van der Waals surface area contributed by atoms with Crippen LogP contribution in [0.3, 0.4) is 0 Å². The fourth-order valence-electron chi connectivity index (χ4n) is 4.50. The largest absolute Gasteiger partial charge is 0.381 e. The van der Waals surface area contributed by atoms with Gasteiger partial charge in [-0.25, -0.2) is 4.39 Å². The molecule has 2 heterocycles. The standard InChI is InChI=1S/C24H30FN3O2/c25-21-6-8-22(9-7-21)28-16-14-27(15-17-28)13-12-26-23(29)24(10-18-30-19-11-24)20-4-2-1-3-5-20/h1-9H,10-19H2,(H,26,29). The summed E-state index contributed by atoms with van der Waals surface area (Å²) in [6.45, 7) is 6.40. The summed E-state index contributed by atoms with van der Waals surface area (Å²) in [5.41, 5.74) is 1.66. The van der Waals surface area contributed by atoms with Gasteiger partial charge in [-0.2, -0.15) is 0 Å². The topological polar surface area (TPSA) is 44.8 Å². The third-order valence-electron chi connectivity index (χ3n) is 6.39. The minimum Gasteiger partial charge on any atom is -0.381 e. The van der Waals surface area contributed by atoms with Gasteiger partial charge >= 0.3 is 0 Å². The Labute approximate surface area is 177 Å². The number of rotatable bonds is 6. The molecule has 4 rings (SSSR count). The van der Waals surface area contributed by atoms with E-state index in [4.69, 9.17) is 4.74 Å². The van der Waals surface area contributed by atoms with E-state index in [1.807, 2.05) is 30.3 Å². The monoisotopic (exact) mass is 411 g/mol. The zero-order chi connectivity index (χ0) is 20.8. The van der Waals surface area contributed by atoms with Gasteiger partial charge in [-0.05, 0) is 42.7 Å². The van der Waals surface area contributed by atoms with E-state index in [2.05, 4.69) is 27.2 Å². The van der Waals surface area contributed by atoms with Crippen molar-refractivity contribution in [1.29, 1.82) is 0 Å². The van der Waals surface area contributed by atoms with E-state index < -0.39 is 5.41 Å². The smallest absolute Gasteiger partial charge is 0.230 e. The second kappa shape index (κ2) is 9.58. The maximum atomic E-state index is 13.2. The van der Waals surface area contributed by atoms with Gasteiger partial charge < -0.3 is 15.0 Å². The number of amides is 1. The summed E-state index contributed by atoms with van der Waals surface area (Å²) in [7, 11) is 0. The Morgan fingerprint density at radius 3 is 2.30 bits per heavy atom. The van der Waals surface area contributed by atoms with Gasteiger partial charge in [-0.3, -0.25) is 9.69 Å². The molecule has 0 bridgehead atoms. The van der Waals surface area contributed by atoms with Gasteiger partial charge in [0.2, 0.25) is 5.91 Å². The van der Waals surface area contributed by atoms with Crippen molar-refractivity contribution < 1.29 is 13.9 Å². The van der Waals surface area contributed by atoms with E-state index in [0.717, 1.165) is 56.8 Å². The number of benzene rings is 2. The number of carbonyl (C=O) groups is 1. The number of anilines is 1. The van der Waals surface area contributed by atoms with Gasteiger partial charge in [0.05, 0.1) is 5.41 Å². The molecule has 6 heteroatoms. The molecule has 2 saturated heterocycles. The number of nitrogens with zero attached hydrogens (tertiary/aromatic N) is 2. The van der Waals surface area contributed by atoms with Crippen LogP contribution in [0.1, 0.15) is 18.4 Å². The van der Waals surface area contributed by atoms with Crippen molar-refractivity contribution in [2.75, 3.05) is 57.4 Å². The summed E-state index contributed by atoms with van der Waals surface area (Å²) in [5, 5.41) is 3.20. The first-order valence-corrected chi connectivity index (χ1v) is 10.8. The first kappa shape index (κ1) is 20.8. The highest BCUT2D eigenvalue weighted by Crippen LogP contribution is 2.35. The van der Waals surface area contributed by atoms with Crippen molar-refractivity contribution in [3.8, 4) is 0 Å². The Hall–Kier alpha value is -2.44. The molecule has 1 N–H and O–H groups in total.